The van der Waals surface area contributed by atoms with Crippen molar-refractivity contribution in [2.24, 2.45) is 5.92 Å². The van der Waals surface area contributed by atoms with E-state index in [1.807, 2.05) is 11.8 Å². The molecule has 4 heterocycles. The van der Waals surface area contributed by atoms with E-state index < -0.39 is 0 Å². The van der Waals surface area contributed by atoms with Gasteiger partial charge in [0.25, 0.3) is 0 Å². The van der Waals surface area contributed by atoms with E-state index in [1.165, 1.54) is 38.2 Å². The third-order valence-corrected chi connectivity index (χ3v) is 5.01. The van der Waals surface area contributed by atoms with Gasteiger partial charge < -0.3 is 15.1 Å². The first-order valence-electron chi connectivity index (χ1n) is 5.30. The van der Waals surface area contributed by atoms with Gasteiger partial charge in [-0.05, 0) is 38.8 Å². The zero-order chi connectivity index (χ0) is 8.89. The zero-order valence-corrected chi connectivity index (χ0v) is 10.7. The van der Waals surface area contributed by atoms with Gasteiger partial charge in [-0.15, -0.1) is 24.2 Å². The fourth-order valence-corrected chi connectivity index (χ4v) is 4.25. The molecule has 5 heteroatoms. The Morgan fingerprint density at radius 1 is 1.33 bits per heavy atom. The Kier molecular flexibility index (Phi) is 4.35. The maximum atomic E-state index is 6.14. The summed E-state index contributed by atoms with van der Waals surface area (Å²) < 4.78 is 6.14. The molecule has 0 aliphatic carbocycles. The molecule has 0 aromatic carbocycles. The van der Waals surface area contributed by atoms with Crippen LogP contribution in [0, 0.1) is 5.92 Å². The standard InChI is InChI=1S/C10H17NOS.ClH.H2O/c1-8-12-10(7-13-8)6-11-4-2-9(10)3-5-11;;/h8-9H,2-7H2,1H3;1H;1H2/t8-,10-;;/m1../s1. The van der Waals surface area contributed by atoms with Crippen molar-refractivity contribution < 1.29 is 10.2 Å². The summed E-state index contributed by atoms with van der Waals surface area (Å²) in [6.07, 6.45) is 2.74. The Bertz CT molecular complexity index is 223. The molecule has 3 nitrogen and oxygen atoms in total. The van der Waals surface area contributed by atoms with Crippen LogP contribution in [0.1, 0.15) is 19.8 Å². The summed E-state index contributed by atoms with van der Waals surface area (Å²) in [6, 6.07) is 0. The summed E-state index contributed by atoms with van der Waals surface area (Å²) in [5.41, 5.74) is 0.682. The molecule has 0 saturated carbocycles. The summed E-state index contributed by atoms with van der Waals surface area (Å²) in [5.74, 6) is 2.09. The number of rotatable bonds is 0. The van der Waals surface area contributed by atoms with E-state index in [4.69, 9.17) is 4.74 Å². The quantitative estimate of drug-likeness (QED) is 0.651. The number of ether oxygens (including phenoxy) is 1. The lowest BCUT2D eigenvalue weighted by atomic mass is 9.76. The Balaban J connectivity index is 0.000000562. The predicted molar refractivity (Wildman–Crippen MR) is 65.8 cm³/mol. The largest absolute Gasteiger partial charge is 0.412 e. The Morgan fingerprint density at radius 3 is 2.40 bits per heavy atom. The highest BCUT2D eigenvalue weighted by atomic mass is 35.5. The molecule has 2 atom stereocenters. The molecule has 4 fully saturated rings. The molecule has 0 radical (unpaired) electrons. The summed E-state index contributed by atoms with van der Waals surface area (Å²) in [6.45, 7) is 6.02. The van der Waals surface area contributed by atoms with Crippen molar-refractivity contribution >= 4 is 24.2 Å². The van der Waals surface area contributed by atoms with Crippen molar-refractivity contribution in [3.05, 3.63) is 0 Å². The molecule has 0 unspecified atom stereocenters. The lowest BCUT2D eigenvalue weighted by Crippen LogP contribution is -2.60. The number of nitrogens with zero attached hydrogens (tertiary/aromatic N) is 1. The van der Waals surface area contributed by atoms with Gasteiger partial charge in [0.1, 0.15) is 5.44 Å². The number of halogens is 1. The Morgan fingerprint density at radius 2 is 2.00 bits per heavy atom. The highest BCUT2D eigenvalue weighted by molar-refractivity contribution is 8.00. The molecule has 90 valence electrons. The van der Waals surface area contributed by atoms with Gasteiger partial charge in [0.2, 0.25) is 0 Å². The molecular formula is C10H20ClNO2S. The number of hydrogen-bond acceptors (Lipinski definition) is 3. The lowest BCUT2D eigenvalue weighted by molar-refractivity contribution is -0.133. The van der Waals surface area contributed by atoms with E-state index in [0.717, 1.165) is 5.92 Å². The smallest absolute Gasteiger partial charge is 0.101 e. The van der Waals surface area contributed by atoms with Crippen LogP contribution < -0.4 is 0 Å². The first kappa shape index (κ1) is 13.6. The fourth-order valence-electron chi connectivity index (χ4n) is 3.08. The van der Waals surface area contributed by atoms with E-state index in [-0.39, 0.29) is 23.5 Å². The molecule has 2 N–H and O–H groups in total. The molecule has 2 bridgehead atoms. The molecule has 15 heavy (non-hydrogen) atoms. The maximum absolute atomic E-state index is 6.14. The highest BCUT2D eigenvalue weighted by Crippen LogP contribution is 2.46. The van der Waals surface area contributed by atoms with Crippen molar-refractivity contribution in [3.63, 3.8) is 0 Å². The van der Waals surface area contributed by atoms with Crippen molar-refractivity contribution in [1.82, 2.24) is 4.90 Å². The van der Waals surface area contributed by atoms with Crippen molar-refractivity contribution in [3.8, 4) is 0 Å². The number of hydrogen-bond donors (Lipinski definition) is 0. The monoisotopic (exact) mass is 253 g/mol. The molecule has 4 aliphatic heterocycles. The van der Waals surface area contributed by atoms with Crippen LogP contribution in [0.4, 0.5) is 0 Å². The first-order valence-corrected chi connectivity index (χ1v) is 6.35. The Hall–Kier alpha value is 0.520. The van der Waals surface area contributed by atoms with Crippen LogP contribution in [-0.2, 0) is 4.74 Å². The van der Waals surface area contributed by atoms with Crippen molar-refractivity contribution in [1.29, 1.82) is 0 Å². The van der Waals surface area contributed by atoms with Gasteiger partial charge >= 0.3 is 0 Å². The number of fused-ring (bicyclic) bond motifs is 2. The van der Waals surface area contributed by atoms with Crippen LogP contribution in [0.15, 0.2) is 0 Å². The lowest BCUT2D eigenvalue weighted by Gasteiger charge is -2.50. The third-order valence-electron chi connectivity index (χ3n) is 3.79. The highest BCUT2D eigenvalue weighted by Gasteiger charge is 2.51. The zero-order valence-electron chi connectivity index (χ0n) is 9.07. The Labute approximate surface area is 102 Å². The van der Waals surface area contributed by atoms with Gasteiger partial charge in [-0.2, -0.15) is 0 Å². The minimum atomic E-state index is 0. The van der Waals surface area contributed by atoms with Crippen LogP contribution in [-0.4, -0.2) is 46.8 Å². The van der Waals surface area contributed by atoms with Gasteiger partial charge in [0, 0.05) is 12.3 Å². The van der Waals surface area contributed by atoms with Gasteiger partial charge in [0.15, 0.2) is 0 Å². The molecule has 4 saturated heterocycles. The van der Waals surface area contributed by atoms with Crippen LogP contribution in [0.3, 0.4) is 0 Å². The minimum absolute atomic E-state index is 0. The van der Waals surface area contributed by atoms with Crippen molar-refractivity contribution in [2.45, 2.75) is 30.8 Å². The van der Waals surface area contributed by atoms with E-state index >= 15 is 0 Å². The van der Waals surface area contributed by atoms with Gasteiger partial charge in [-0.25, -0.2) is 0 Å². The average Bonchev–Trinajstić information content (AvgIpc) is 2.49. The van der Waals surface area contributed by atoms with Crippen LogP contribution in [0.25, 0.3) is 0 Å². The van der Waals surface area contributed by atoms with Gasteiger partial charge in [-0.3, -0.25) is 0 Å². The topological polar surface area (TPSA) is 44.0 Å². The summed E-state index contributed by atoms with van der Waals surface area (Å²) in [5, 5.41) is 0. The third kappa shape index (κ3) is 2.15. The number of piperidine rings is 3. The normalized spacial score (nSPS) is 47.4. The van der Waals surface area contributed by atoms with E-state index in [2.05, 4.69) is 11.8 Å². The predicted octanol–water partition coefficient (Wildman–Crippen LogP) is 1.16. The summed E-state index contributed by atoms with van der Waals surface area (Å²) in [4.78, 5) is 2.58. The van der Waals surface area contributed by atoms with E-state index in [0.29, 0.717) is 5.44 Å². The van der Waals surface area contributed by atoms with Crippen LogP contribution >= 0.6 is 24.2 Å². The van der Waals surface area contributed by atoms with Gasteiger partial charge in [0.05, 0.1) is 5.60 Å². The molecule has 1 spiro atoms. The second kappa shape index (κ2) is 4.80. The minimum Gasteiger partial charge on any atom is -0.412 e. The summed E-state index contributed by atoms with van der Waals surface area (Å²) >= 11 is 1.99. The molecule has 4 aliphatic rings. The second-order valence-electron chi connectivity index (χ2n) is 4.61. The van der Waals surface area contributed by atoms with E-state index in [1.54, 1.807) is 0 Å². The molecular weight excluding hydrogens is 234 g/mol. The van der Waals surface area contributed by atoms with Crippen LogP contribution in [0.5, 0.6) is 0 Å². The maximum Gasteiger partial charge on any atom is 0.101 e. The number of thioether (sulfide) groups is 1. The molecule has 4 rings (SSSR count). The second-order valence-corrected chi connectivity index (χ2v) is 5.90. The molecule has 0 amide bonds. The molecule has 0 aromatic heterocycles. The van der Waals surface area contributed by atoms with Crippen LogP contribution in [0.2, 0.25) is 0 Å². The average molecular weight is 254 g/mol. The van der Waals surface area contributed by atoms with Crippen molar-refractivity contribution in [2.75, 3.05) is 25.4 Å². The fraction of sp³-hybridized carbons (Fsp3) is 1.00. The molecule has 0 aromatic rings. The SMILES string of the molecule is C[C@@H]1O[C@@]2(CS1)CN1CCC2CC1.Cl.O. The van der Waals surface area contributed by atoms with Gasteiger partial charge in [-0.1, -0.05) is 0 Å². The first-order chi connectivity index (χ1) is 6.28. The summed E-state index contributed by atoms with van der Waals surface area (Å²) in [7, 11) is 0. The van der Waals surface area contributed by atoms with E-state index in [9.17, 15) is 0 Å².